The molecule has 0 aliphatic carbocycles. The predicted octanol–water partition coefficient (Wildman–Crippen LogP) is 8.66. The van der Waals surface area contributed by atoms with E-state index in [2.05, 4.69) is 12.2 Å². The molecular weight excluding hydrogens is 562 g/mol. The molecule has 0 saturated heterocycles. The number of benzene rings is 4. The van der Waals surface area contributed by atoms with Gasteiger partial charge in [-0.1, -0.05) is 105 Å². The van der Waals surface area contributed by atoms with E-state index in [1.807, 2.05) is 78.9 Å². The van der Waals surface area contributed by atoms with Crippen LogP contribution in [0.15, 0.2) is 97.1 Å². The minimum absolute atomic E-state index is 0.245. The second kappa shape index (κ2) is 16.4. The molecule has 4 rings (SSSR count). The lowest BCUT2D eigenvalue weighted by molar-refractivity contribution is -0.142. The number of amides is 1. The van der Waals surface area contributed by atoms with E-state index in [1.54, 1.807) is 18.2 Å². The molecule has 6 nitrogen and oxygen atoms in total. The van der Waals surface area contributed by atoms with E-state index in [-0.39, 0.29) is 12.0 Å². The average molecular weight is 600 g/mol. The largest absolute Gasteiger partial charge is 0.493 e. The van der Waals surface area contributed by atoms with Crippen molar-refractivity contribution in [3.05, 3.63) is 113 Å². The van der Waals surface area contributed by atoms with Crippen molar-refractivity contribution in [2.75, 3.05) is 13.7 Å². The van der Waals surface area contributed by atoms with Crippen LogP contribution in [0.4, 0.5) is 0 Å². The van der Waals surface area contributed by atoms with Crippen LogP contribution < -0.4 is 14.8 Å². The maximum absolute atomic E-state index is 13.4. The van der Waals surface area contributed by atoms with Crippen LogP contribution >= 0.6 is 11.6 Å². The zero-order chi connectivity index (χ0) is 30.4. The Kier molecular flexibility index (Phi) is 12.0. The smallest absolute Gasteiger partial charge is 0.328 e. The standard InChI is InChI=1S/C36H38ClNO5/c1-3-4-5-6-12-23-42-33-22-21-28(37)25-31(33)35(39)38-32(36(40)41-2)24-26-17-19-27(20-18-26)30-15-10-11-16-34(30)43-29-13-8-7-9-14-29/h7-11,13-22,25,32H,3-6,12,23-24H2,1-2H3,(H,38,39)/t32-/m0/s1. The van der Waals surface area contributed by atoms with Crippen molar-refractivity contribution in [1.29, 1.82) is 0 Å². The van der Waals surface area contributed by atoms with Gasteiger partial charge in [0.15, 0.2) is 0 Å². The molecule has 0 aromatic heterocycles. The van der Waals surface area contributed by atoms with Crippen LogP contribution in [-0.2, 0) is 16.0 Å². The molecule has 0 bridgehead atoms. The van der Waals surface area contributed by atoms with Gasteiger partial charge >= 0.3 is 5.97 Å². The molecule has 0 aliphatic heterocycles. The molecule has 4 aromatic carbocycles. The average Bonchev–Trinajstić information content (AvgIpc) is 3.03. The van der Waals surface area contributed by atoms with E-state index < -0.39 is 17.9 Å². The lowest BCUT2D eigenvalue weighted by atomic mass is 9.99. The van der Waals surface area contributed by atoms with Crippen LogP contribution in [0.25, 0.3) is 11.1 Å². The summed E-state index contributed by atoms with van der Waals surface area (Å²) in [5.74, 6) is 0.925. The minimum atomic E-state index is -0.905. The topological polar surface area (TPSA) is 73.9 Å². The van der Waals surface area contributed by atoms with Crippen LogP contribution in [0, 0.1) is 0 Å². The second-order valence-corrected chi connectivity index (χ2v) is 10.7. The molecule has 0 saturated carbocycles. The molecule has 0 unspecified atom stereocenters. The Morgan fingerprint density at radius 3 is 2.28 bits per heavy atom. The molecule has 0 radical (unpaired) electrons. The highest BCUT2D eigenvalue weighted by Gasteiger charge is 2.24. The first-order chi connectivity index (χ1) is 21.0. The number of rotatable bonds is 15. The van der Waals surface area contributed by atoms with Crippen molar-refractivity contribution in [3.63, 3.8) is 0 Å². The number of ether oxygens (including phenoxy) is 3. The molecule has 1 N–H and O–H groups in total. The van der Waals surface area contributed by atoms with E-state index >= 15 is 0 Å². The first kappa shape index (κ1) is 31.6. The Morgan fingerprint density at radius 2 is 1.53 bits per heavy atom. The van der Waals surface area contributed by atoms with Crippen molar-refractivity contribution < 1.29 is 23.8 Å². The lowest BCUT2D eigenvalue weighted by Gasteiger charge is -2.18. The van der Waals surface area contributed by atoms with Crippen molar-refractivity contribution in [1.82, 2.24) is 5.32 Å². The van der Waals surface area contributed by atoms with E-state index in [0.717, 1.165) is 47.5 Å². The van der Waals surface area contributed by atoms with Crippen molar-refractivity contribution in [3.8, 4) is 28.4 Å². The fourth-order valence-electron chi connectivity index (χ4n) is 4.73. The van der Waals surface area contributed by atoms with Crippen LogP contribution in [0.2, 0.25) is 5.02 Å². The molecule has 0 aliphatic rings. The van der Waals surface area contributed by atoms with Crippen molar-refractivity contribution in [2.45, 2.75) is 51.5 Å². The van der Waals surface area contributed by atoms with Crippen LogP contribution in [0.1, 0.15) is 54.9 Å². The zero-order valence-electron chi connectivity index (χ0n) is 24.7. The Morgan fingerprint density at radius 1 is 0.814 bits per heavy atom. The van der Waals surface area contributed by atoms with Gasteiger partial charge in [0.25, 0.3) is 5.91 Å². The highest BCUT2D eigenvalue weighted by atomic mass is 35.5. The molecule has 4 aromatic rings. The number of hydrogen-bond donors (Lipinski definition) is 1. The van der Waals surface area contributed by atoms with Gasteiger partial charge in [-0.15, -0.1) is 0 Å². The van der Waals surface area contributed by atoms with E-state index in [9.17, 15) is 9.59 Å². The summed E-state index contributed by atoms with van der Waals surface area (Å²) >= 11 is 6.22. The van der Waals surface area contributed by atoms with E-state index in [4.69, 9.17) is 25.8 Å². The number of hydrogen-bond acceptors (Lipinski definition) is 5. The number of esters is 1. The van der Waals surface area contributed by atoms with Crippen molar-refractivity contribution >= 4 is 23.5 Å². The quantitative estimate of drug-likeness (QED) is 0.109. The van der Waals surface area contributed by atoms with Crippen LogP contribution in [0.5, 0.6) is 17.2 Å². The van der Waals surface area contributed by atoms with Gasteiger partial charge in [0.2, 0.25) is 0 Å². The van der Waals surface area contributed by atoms with Gasteiger partial charge in [-0.25, -0.2) is 4.79 Å². The molecule has 7 heteroatoms. The van der Waals surface area contributed by atoms with Gasteiger partial charge in [0.05, 0.1) is 19.3 Å². The molecule has 0 heterocycles. The van der Waals surface area contributed by atoms with Crippen LogP contribution in [0.3, 0.4) is 0 Å². The summed E-state index contributed by atoms with van der Waals surface area (Å²) in [6.07, 6.45) is 5.73. The zero-order valence-corrected chi connectivity index (χ0v) is 25.4. The van der Waals surface area contributed by atoms with Gasteiger partial charge in [-0.2, -0.15) is 0 Å². The monoisotopic (exact) mass is 599 g/mol. The number of para-hydroxylation sites is 2. The fourth-order valence-corrected chi connectivity index (χ4v) is 4.90. The maximum Gasteiger partial charge on any atom is 0.328 e. The first-order valence-corrected chi connectivity index (χ1v) is 15.1. The Labute approximate surface area is 258 Å². The SMILES string of the molecule is CCCCCCCOc1ccc(Cl)cc1C(=O)N[C@@H](Cc1ccc(-c2ccccc2Oc2ccccc2)cc1)C(=O)OC. The Balaban J connectivity index is 1.45. The second-order valence-electron chi connectivity index (χ2n) is 10.3. The number of methoxy groups -OCH3 is 1. The lowest BCUT2D eigenvalue weighted by Crippen LogP contribution is -2.43. The third kappa shape index (κ3) is 9.35. The summed E-state index contributed by atoms with van der Waals surface area (Å²) in [6, 6.07) is 29.3. The molecule has 1 amide bonds. The number of unbranched alkanes of at least 4 members (excludes halogenated alkanes) is 4. The van der Waals surface area contributed by atoms with Gasteiger partial charge in [0, 0.05) is 17.0 Å². The number of halogens is 1. The number of carbonyl (C=O) groups excluding carboxylic acids is 2. The summed E-state index contributed by atoms with van der Waals surface area (Å²) in [5.41, 5.74) is 3.04. The van der Waals surface area contributed by atoms with Gasteiger partial charge in [-0.3, -0.25) is 4.79 Å². The summed E-state index contributed by atoms with van der Waals surface area (Å²) in [7, 11) is 1.31. The third-order valence-electron chi connectivity index (χ3n) is 7.05. The van der Waals surface area contributed by atoms with E-state index in [1.165, 1.54) is 20.0 Å². The first-order valence-electron chi connectivity index (χ1n) is 14.7. The molecule has 0 spiro atoms. The molecule has 224 valence electrons. The summed E-state index contributed by atoms with van der Waals surface area (Å²) in [4.78, 5) is 26.1. The van der Waals surface area contributed by atoms with Crippen LogP contribution in [-0.4, -0.2) is 31.6 Å². The number of nitrogens with one attached hydrogen (secondary N) is 1. The summed E-state index contributed by atoms with van der Waals surface area (Å²) in [6.45, 7) is 2.67. The minimum Gasteiger partial charge on any atom is -0.493 e. The Hall–Kier alpha value is -4.29. The highest BCUT2D eigenvalue weighted by molar-refractivity contribution is 6.31. The fraction of sp³-hybridized carbons (Fsp3) is 0.278. The molecule has 1 atom stereocenters. The van der Waals surface area contributed by atoms with E-state index in [0.29, 0.717) is 17.4 Å². The molecule has 43 heavy (non-hydrogen) atoms. The Bertz CT molecular complexity index is 1470. The van der Waals surface area contributed by atoms with Gasteiger partial charge in [0.1, 0.15) is 23.3 Å². The van der Waals surface area contributed by atoms with Crippen molar-refractivity contribution in [2.24, 2.45) is 0 Å². The predicted molar refractivity (Wildman–Crippen MR) is 171 cm³/mol. The van der Waals surface area contributed by atoms with Gasteiger partial charge in [-0.05, 0) is 53.9 Å². The maximum atomic E-state index is 13.4. The summed E-state index contributed by atoms with van der Waals surface area (Å²) in [5, 5.41) is 3.23. The molecule has 0 fully saturated rings. The molecular formula is C36H38ClNO5. The summed E-state index contributed by atoms with van der Waals surface area (Å²) < 4.78 is 17.1. The third-order valence-corrected chi connectivity index (χ3v) is 7.28. The number of carbonyl (C=O) groups is 2. The highest BCUT2D eigenvalue weighted by Crippen LogP contribution is 2.33. The van der Waals surface area contributed by atoms with Gasteiger partial charge < -0.3 is 19.5 Å². The normalized spacial score (nSPS) is 11.4.